The van der Waals surface area contributed by atoms with Gasteiger partial charge in [-0.25, -0.2) is 0 Å². The van der Waals surface area contributed by atoms with Crippen molar-refractivity contribution in [3.63, 3.8) is 0 Å². The van der Waals surface area contributed by atoms with E-state index in [0.717, 1.165) is 14.7 Å². The lowest BCUT2D eigenvalue weighted by molar-refractivity contribution is -0.560. The summed E-state index contributed by atoms with van der Waals surface area (Å²) in [4.78, 5) is 0.804. The molecule has 0 saturated heterocycles. The molecule has 4 N–H and O–H groups in total. The van der Waals surface area contributed by atoms with Gasteiger partial charge < -0.3 is 16.1 Å². The molecular formula is C13H19N5O2S2. The molecule has 0 amide bonds. The van der Waals surface area contributed by atoms with Crippen LogP contribution in [0.3, 0.4) is 0 Å². The van der Waals surface area contributed by atoms with Gasteiger partial charge in [-0.15, -0.1) is 16.4 Å². The van der Waals surface area contributed by atoms with E-state index in [4.69, 9.17) is 18.0 Å². The van der Waals surface area contributed by atoms with E-state index in [0.29, 0.717) is 11.4 Å². The van der Waals surface area contributed by atoms with Crippen LogP contribution >= 0.6 is 23.6 Å². The Morgan fingerprint density at radius 1 is 1.55 bits per heavy atom. The number of nitrogens with zero attached hydrogens (tertiary/aromatic N) is 3. The number of rotatable bonds is 3. The Hall–Kier alpha value is -1.55. The van der Waals surface area contributed by atoms with Gasteiger partial charge in [0.05, 0.1) is 4.88 Å². The van der Waals surface area contributed by atoms with Crippen LogP contribution in [0.2, 0.25) is 0 Å². The van der Waals surface area contributed by atoms with Crippen LogP contribution in [0.4, 0.5) is 0 Å². The maximum atomic E-state index is 12.9. The van der Waals surface area contributed by atoms with Crippen LogP contribution in [0.5, 0.6) is 0 Å². The molecule has 0 spiro atoms. The van der Waals surface area contributed by atoms with Crippen LogP contribution in [-0.2, 0) is 0 Å². The molecule has 22 heavy (non-hydrogen) atoms. The van der Waals surface area contributed by atoms with Gasteiger partial charge in [-0.2, -0.15) is 9.84 Å². The van der Waals surface area contributed by atoms with Gasteiger partial charge in [-0.1, -0.05) is 6.07 Å². The topological polar surface area (TPSA) is 100.0 Å². The number of hydrazone groups is 1. The normalized spacial score (nSPS) is 25.6. The molecule has 1 atom stereocenters. The van der Waals surface area contributed by atoms with E-state index in [-0.39, 0.29) is 5.11 Å². The zero-order valence-electron chi connectivity index (χ0n) is 12.8. The maximum absolute atomic E-state index is 12.9. The zero-order valence-corrected chi connectivity index (χ0v) is 14.5. The third-order valence-corrected chi connectivity index (χ3v) is 4.86. The van der Waals surface area contributed by atoms with Crippen LogP contribution in [0.1, 0.15) is 32.6 Å². The second-order valence-corrected chi connectivity index (χ2v) is 7.07. The van der Waals surface area contributed by atoms with Gasteiger partial charge in [-0.05, 0) is 44.4 Å². The molecule has 7 nitrogen and oxygen atoms in total. The Balaban J connectivity index is 2.57. The minimum absolute atomic E-state index is 0.00962. The number of nitrogens with one attached hydrogen (secondary N) is 1. The van der Waals surface area contributed by atoms with E-state index in [1.165, 1.54) is 11.3 Å². The predicted octanol–water partition coefficient (Wildman–Crippen LogP) is 1.46. The number of thiocarbonyl (C=S) groups is 1. The summed E-state index contributed by atoms with van der Waals surface area (Å²) in [6, 6.07) is 3.72. The fourth-order valence-corrected chi connectivity index (χ4v) is 3.51. The molecule has 0 bridgehead atoms. The third kappa shape index (κ3) is 2.39. The molecule has 2 heterocycles. The zero-order chi connectivity index (χ0) is 16.7. The lowest BCUT2D eigenvalue weighted by Gasteiger charge is -2.32. The van der Waals surface area contributed by atoms with Crippen LogP contribution in [0.15, 0.2) is 22.6 Å². The van der Waals surface area contributed by atoms with Crippen LogP contribution in [-0.4, -0.2) is 42.7 Å². The summed E-state index contributed by atoms with van der Waals surface area (Å²) in [5.41, 5.74) is 6.40. The molecular weight excluding hydrogens is 322 g/mol. The largest absolute Gasteiger partial charge is 0.622 e. The SMILES string of the molecule is CC(=NNC(N)=S)C1(C)N(O)C(C)(C)C(c2cccs2)=[N+]1[O-]. The van der Waals surface area contributed by atoms with E-state index in [2.05, 4.69) is 10.5 Å². The van der Waals surface area contributed by atoms with Gasteiger partial charge in [0, 0.05) is 6.92 Å². The highest BCUT2D eigenvalue weighted by molar-refractivity contribution is 7.80. The molecule has 0 aliphatic carbocycles. The second kappa shape index (κ2) is 5.58. The van der Waals surface area contributed by atoms with Crippen molar-refractivity contribution in [3.8, 4) is 0 Å². The number of hydroxylamine groups is 3. The summed E-state index contributed by atoms with van der Waals surface area (Å²) in [5.74, 6) is 0. The number of thiophene rings is 1. The van der Waals surface area contributed by atoms with Gasteiger partial charge in [0.2, 0.25) is 5.71 Å². The molecule has 1 aliphatic rings. The summed E-state index contributed by atoms with van der Waals surface area (Å²) < 4.78 is 0.791. The van der Waals surface area contributed by atoms with E-state index >= 15 is 0 Å². The van der Waals surface area contributed by atoms with E-state index in [1.54, 1.807) is 27.7 Å². The predicted molar refractivity (Wildman–Crippen MR) is 91.2 cm³/mol. The molecule has 0 aromatic carbocycles. The van der Waals surface area contributed by atoms with Gasteiger partial charge in [0.25, 0.3) is 5.66 Å². The summed E-state index contributed by atoms with van der Waals surface area (Å²) >= 11 is 6.15. The third-order valence-electron chi connectivity index (χ3n) is 3.89. The Labute approximate surface area is 138 Å². The summed E-state index contributed by atoms with van der Waals surface area (Å²) in [6.45, 7) is 6.80. The van der Waals surface area contributed by atoms with Gasteiger partial charge >= 0.3 is 0 Å². The molecule has 1 aliphatic heterocycles. The first-order chi connectivity index (χ1) is 10.1. The van der Waals surface area contributed by atoms with Crippen molar-refractivity contribution in [3.05, 3.63) is 27.6 Å². The summed E-state index contributed by atoms with van der Waals surface area (Å²) in [7, 11) is 0. The lowest BCUT2D eigenvalue weighted by Crippen LogP contribution is -2.57. The number of hydrogen-bond donors (Lipinski definition) is 3. The standard InChI is InChI=1S/C13H19N5O2S2/c1-8(15-16-11(14)21)13(4)17(19)10(9-6-5-7-22-9)12(2,3)18(13)20/h5-7,20H,1-4H3,(H3,14,16,21). The second-order valence-electron chi connectivity index (χ2n) is 5.69. The fourth-order valence-electron chi connectivity index (χ4n) is 2.56. The smallest absolute Gasteiger partial charge is 0.289 e. The van der Waals surface area contributed by atoms with Crippen molar-refractivity contribution in [1.29, 1.82) is 0 Å². The maximum Gasteiger partial charge on any atom is 0.289 e. The van der Waals surface area contributed by atoms with E-state index in [9.17, 15) is 10.4 Å². The summed E-state index contributed by atoms with van der Waals surface area (Å²) in [6.07, 6.45) is 0. The minimum Gasteiger partial charge on any atom is -0.622 e. The molecule has 0 saturated carbocycles. The van der Waals surface area contributed by atoms with Crippen molar-refractivity contribution >= 4 is 40.1 Å². The average molecular weight is 341 g/mol. The molecule has 1 aromatic rings. The molecule has 2 rings (SSSR count). The van der Waals surface area contributed by atoms with Crippen molar-refractivity contribution in [1.82, 2.24) is 10.5 Å². The first kappa shape index (κ1) is 16.8. The van der Waals surface area contributed by atoms with Gasteiger partial charge in [-0.3, -0.25) is 5.43 Å². The highest BCUT2D eigenvalue weighted by atomic mass is 32.1. The van der Waals surface area contributed by atoms with Crippen molar-refractivity contribution in [2.24, 2.45) is 10.8 Å². The van der Waals surface area contributed by atoms with Gasteiger partial charge in [0.1, 0.15) is 11.3 Å². The van der Waals surface area contributed by atoms with Crippen LogP contribution in [0, 0.1) is 5.21 Å². The highest BCUT2D eigenvalue weighted by Crippen LogP contribution is 2.37. The Bertz CT molecular complexity index is 653. The Kier molecular flexibility index (Phi) is 4.26. The molecule has 1 aromatic heterocycles. The average Bonchev–Trinajstić information content (AvgIpc) is 2.99. The van der Waals surface area contributed by atoms with Crippen LogP contribution in [0.25, 0.3) is 0 Å². The Morgan fingerprint density at radius 3 is 2.68 bits per heavy atom. The monoisotopic (exact) mass is 341 g/mol. The quantitative estimate of drug-likeness (QED) is 0.253. The summed E-state index contributed by atoms with van der Waals surface area (Å²) in [5, 5.41) is 30.5. The number of hydrogen-bond acceptors (Lipinski definition) is 6. The van der Waals surface area contributed by atoms with Gasteiger partial charge in [0.15, 0.2) is 5.11 Å². The number of nitrogens with two attached hydrogens (primary N) is 1. The fraction of sp³-hybridized carbons (Fsp3) is 0.462. The van der Waals surface area contributed by atoms with Crippen LogP contribution < -0.4 is 11.2 Å². The van der Waals surface area contributed by atoms with Crippen molar-refractivity contribution in [2.75, 3.05) is 0 Å². The van der Waals surface area contributed by atoms with E-state index in [1.807, 2.05) is 17.5 Å². The molecule has 120 valence electrons. The first-order valence-electron chi connectivity index (χ1n) is 6.61. The minimum atomic E-state index is -1.36. The molecule has 0 fully saturated rings. The lowest BCUT2D eigenvalue weighted by atomic mass is 9.97. The molecule has 9 heteroatoms. The van der Waals surface area contributed by atoms with Crippen molar-refractivity contribution < 1.29 is 9.95 Å². The van der Waals surface area contributed by atoms with E-state index < -0.39 is 11.2 Å². The molecule has 0 radical (unpaired) electrons. The molecule has 1 unspecified atom stereocenters. The Morgan fingerprint density at radius 2 is 2.18 bits per heavy atom. The van der Waals surface area contributed by atoms with Crippen molar-refractivity contribution in [2.45, 2.75) is 38.9 Å². The first-order valence-corrected chi connectivity index (χ1v) is 7.90. The highest BCUT2D eigenvalue weighted by Gasteiger charge is 2.61.